The summed E-state index contributed by atoms with van der Waals surface area (Å²) in [5.74, 6) is -1.53. The molecule has 0 bridgehead atoms. The zero-order chi connectivity index (χ0) is 29.5. The molecule has 8 nitrogen and oxygen atoms in total. The highest BCUT2D eigenvalue weighted by molar-refractivity contribution is 7.89. The second kappa shape index (κ2) is 10.7. The van der Waals surface area contributed by atoms with Crippen LogP contribution in [-0.2, 0) is 33.7 Å². The molecule has 16 heteroatoms. The molecule has 3 aromatic rings. The molecule has 1 aromatic carbocycles. The zero-order valence-corrected chi connectivity index (χ0v) is 21.3. The Kier molecular flexibility index (Phi) is 7.86. The third-order valence-electron chi connectivity index (χ3n) is 6.24. The number of rotatable bonds is 6. The molecule has 1 N–H and O–H groups in total. The van der Waals surface area contributed by atoms with Crippen LogP contribution in [0.15, 0.2) is 53.8 Å². The number of nitrogens with zero attached hydrogens (tertiary/aromatic N) is 4. The molecule has 0 saturated carbocycles. The Morgan fingerprint density at radius 3 is 2.17 bits per heavy atom. The SMILES string of the molecule is C[C@H]1CC[C@@H](C(=O)NCc2cc(-c3cnc(C(F)(F)F)cn3)ncc2C(F)(F)F)N1S(=O)(=O)c1ccc(F)cc1. The van der Waals surface area contributed by atoms with Gasteiger partial charge in [-0.1, -0.05) is 0 Å². The van der Waals surface area contributed by atoms with E-state index in [1.165, 1.54) is 0 Å². The van der Waals surface area contributed by atoms with E-state index in [0.717, 1.165) is 34.6 Å². The number of sulfonamides is 1. The molecule has 3 heterocycles. The Labute approximate surface area is 223 Å². The zero-order valence-electron chi connectivity index (χ0n) is 20.5. The van der Waals surface area contributed by atoms with Crippen molar-refractivity contribution in [2.75, 3.05) is 0 Å². The summed E-state index contributed by atoms with van der Waals surface area (Å²) in [4.78, 5) is 23.2. The predicted molar refractivity (Wildman–Crippen MR) is 125 cm³/mol. The molecule has 1 saturated heterocycles. The molecule has 1 fully saturated rings. The lowest BCUT2D eigenvalue weighted by Crippen LogP contribution is -2.48. The van der Waals surface area contributed by atoms with Crippen LogP contribution >= 0.6 is 0 Å². The van der Waals surface area contributed by atoms with Crippen molar-refractivity contribution in [3.8, 4) is 11.4 Å². The summed E-state index contributed by atoms with van der Waals surface area (Å²) in [6, 6.07) is 3.02. The molecule has 0 radical (unpaired) electrons. The second-order valence-corrected chi connectivity index (χ2v) is 10.8. The number of carbonyl (C=O) groups excluding carboxylic acids is 1. The van der Waals surface area contributed by atoms with Crippen molar-refractivity contribution < 1.29 is 43.9 Å². The monoisotopic (exact) mass is 591 g/mol. The third-order valence-corrected chi connectivity index (χ3v) is 8.28. The third kappa shape index (κ3) is 6.06. The summed E-state index contributed by atoms with van der Waals surface area (Å²) in [6.45, 7) is 0.864. The van der Waals surface area contributed by atoms with E-state index in [9.17, 15) is 43.9 Å². The number of hydrogen-bond donors (Lipinski definition) is 1. The van der Waals surface area contributed by atoms with Crippen molar-refractivity contribution in [2.24, 2.45) is 0 Å². The molecule has 214 valence electrons. The predicted octanol–water partition coefficient (Wildman–Crippen LogP) is 4.57. The summed E-state index contributed by atoms with van der Waals surface area (Å²) in [6.07, 6.45) is -7.71. The molecule has 0 unspecified atom stereocenters. The largest absolute Gasteiger partial charge is 0.434 e. The van der Waals surface area contributed by atoms with Crippen molar-refractivity contribution >= 4 is 15.9 Å². The lowest BCUT2D eigenvalue weighted by Gasteiger charge is -2.27. The van der Waals surface area contributed by atoms with Gasteiger partial charge in [0, 0.05) is 18.8 Å². The smallest absolute Gasteiger partial charge is 0.351 e. The fraction of sp³-hybridized carbons (Fsp3) is 0.333. The molecule has 0 spiro atoms. The molecule has 1 amide bonds. The van der Waals surface area contributed by atoms with Crippen LogP contribution in [0.3, 0.4) is 0 Å². The molecular formula is C24H20F7N5O3S. The van der Waals surface area contributed by atoms with Gasteiger partial charge in [0.05, 0.1) is 28.5 Å². The number of hydrogen-bond acceptors (Lipinski definition) is 6. The molecule has 40 heavy (non-hydrogen) atoms. The van der Waals surface area contributed by atoms with Crippen molar-refractivity contribution in [2.45, 2.75) is 55.6 Å². The Balaban J connectivity index is 1.59. The molecule has 1 aliphatic heterocycles. The first-order valence-electron chi connectivity index (χ1n) is 11.6. The minimum Gasteiger partial charge on any atom is -0.351 e. The van der Waals surface area contributed by atoms with Crippen LogP contribution in [0.5, 0.6) is 0 Å². The Morgan fingerprint density at radius 2 is 1.60 bits per heavy atom. The second-order valence-electron chi connectivity index (χ2n) is 8.96. The van der Waals surface area contributed by atoms with E-state index in [0.29, 0.717) is 18.6 Å². The number of aromatic nitrogens is 3. The van der Waals surface area contributed by atoms with E-state index in [2.05, 4.69) is 20.3 Å². The minimum atomic E-state index is -4.89. The first-order valence-corrected chi connectivity index (χ1v) is 13.1. The highest BCUT2D eigenvalue weighted by Gasteiger charge is 2.44. The van der Waals surface area contributed by atoms with Crippen LogP contribution in [0.4, 0.5) is 30.7 Å². The van der Waals surface area contributed by atoms with Gasteiger partial charge in [0.1, 0.15) is 17.6 Å². The van der Waals surface area contributed by atoms with Crippen LogP contribution in [0.25, 0.3) is 11.4 Å². The topological polar surface area (TPSA) is 105 Å². The molecular weight excluding hydrogens is 571 g/mol. The highest BCUT2D eigenvalue weighted by Crippen LogP contribution is 2.34. The van der Waals surface area contributed by atoms with Gasteiger partial charge in [0.25, 0.3) is 0 Å². The fourth-order valence-corrected chi connectivity index (χ4v) is 6.12. The first-order chi connectivity index (χ1) is 18.6. The Hall–Kier alpha value is -3.66. The Morgan fingerprint density at radius 1 is 0.950 bits per heavy atom. The van der Waals surface area contributed by atoms with Crippen LogP contribution in [0, 0.1) is 5.82 Å². The first kappa shape index (κ1) is 29.3. The lowest BCUT2D eigenvalue weighted by molar-refractivity contribution is -0.141. The number of alkyl halides is 6. The summed E-state index contributed by atoms with van der Waals surface area (Å²) in [7, 11) is -4.25. The summed E-state index contributed by atoms with van der Waals surface area (Å²) in [5, 5.41) is 2.33. The highest BCUT2D eigenvalue weighted by atomic mass is 32.2. The molecule has 0 aliphatic carbocycles. The normalized spacial score (nSPS) is 18.6. The van der Waals surface area contributed by atoms with E-state index in [-0.39, 0.29) is 29.1 Å². The molecule has 2 atom stereocenters. The van der Waals surface area contributed by atoms with Crippen LogP contribution in [0.2, 0.25) is 0 Å². The van der Waals surface area contributed by atoms with Gasteiger partial charge in [0.15, 0.2) is 5.69 Å². The van der Waals surface area contributed by atoms with E-state index in [1.54, 1.807) is 6.92 Å². The van der Waals surface area contributed by atoms with Gasteiger partial charge in [-0.3, -0.25) is 14.8 Å². The van der Waals surface area contributed by atoms with Crippen LogP contribution < -0.4 is 5.32 Å². The van der Waals surface area contributed by atoms with Gasteiger partial charge in [-0.25, -0.2) is 17.8 Å². The summed E-state index contributed by atoms with van der Waals surface area (Å²) < 4.78 is 120. The summed E-state index contributed by atoms with van der Waals surface area (Å²) in [5.41, 5.74) is -3.47. The quantitative estimate of drug-likeness (QED) is 0.421. The number of pyridine rings is 1. The maximum absolute atomic E-state index is 13.7. The molecule has 1 aliphatic rings. The number of amides is 1. The van der Waals surface area contributed by atoms with Crippen LogP contribution in [0.1, 0.15) is 36.6 Å². The van der Waals surface area contributed by atoms with Crippen molar-refractivity contribution in [3.63, 3.8) is 0 Å². The maximum atomic E-state index is 13.7. The average molecular weight is 592 g/mol. The fourth-order valence-electron chi connectivity index (χ4n) is 4.29. The molecule has 2 aromatic heterocycles. The standard InChI is InChI=1S/C24H20F7N5O3S/c1-13-2-7-20(36(13)40(38,39)16-5-3-15(25)4-6-16)22(37)35-9-14-8-18(32-10-17(14)23(26,27)28)19-11-34-21(12-33-19)24(29,30)31/h3-6,8,10-13,20H,2,7,9H2,1H3,(H,35,37)/t13-,20-/m0/s1. The van der Waals surface area contributed by atoms with Gasteiger partial charge >= 0.3 is 12.4 Å². The Bertz CT molecular complexity index is 1500. The van der Waals surface area contributed by atoms with Crippen molar-refractivity contribution in [1.82, 2.24) is 24.6 Å². The maximum Gasteiger partial charge on any atom is 0.434 e. The van der Waals surface area contributed by atoms with E-state index < -0.39 is 69.5 Å². The van der Waals surface area contributed by atoms with E-state index in [4.69, 9.17) is 0 Å². The lowest BCUT2D eigenvalue weighted by atomic mass is 10.1. The summed E-state index contributed by atoms with van der Waals surface area (Å²) >= 11 is 0. The van der Waals surface area contributed by atoms with Crippen LogP contribution in [-0.4, -0.2) is 45.7 Å². The molecule has 4 rings (SSSR count). The van der Waals surface area contributed by atoms with Gasteiger partial charge in [-0.05, 0) is 55.7 Å². The van der Waals surface area contributed by atoms with Gasteiger partial charge in [-0.15, -0.1) is 0 Å². The minimum absolute atomic E-state index is 0.0856. The van der Waals surface area contributed by atoms with E-state index in [1.807, 2.05) is 0 Å². The van der Waals surface area contributed by atoms with E-state index >= 15 is 0 Å². The van der Waals surface area contributed by atoms with Gasteiger partial charge in [0.2, 0.25) is 15.9 Å². The van der Waals surface area contributed by atoms with Gasteiger partial charge < -0.3 is 5.32 Å². The van der Waals surface area contributed by atoms with Crippen molar-refractivity contribution in [1.29, 1.82) is 0 Å². The number of halogens is 7. The van der Waals surface area contributed by atoms with Crippen molar-refractivity contribution in [3.05, 3.63) is 71.6 Å². The number of nitrogens with one attached hydrogen (secondary N) is 1. The number of benzene rings is 1. The average Bonchev–Trinajstić information content (AvgIpc) is 3.28. The van der Waals surface area contributed by atoms with Gasteiger partial charge in [-0.2, -0.15) is 30.6 Å². The number of carbonyl (C=O) groups is 1.